The summed E-state index contributed by atoms with van der Waals surface area (Å²) >= 11 is 0. The fourth-order valence-electron chi connectivity index (χ4n) is 4.42. The van der Waals surface area contributed by atoms with E-state index in [-0.39, 0.29) is 10.8 Å². The van der Waals surface area contributed by atoms with Crippen LogP contribution < -0.4 is 14.5 Å². The van der Waals surface area contributed by atoms with Gasteiger partial charge in [-0.15, -0.1) is 0 Å². The van der Waals surface area contributed by atoms with Crippen molar-refractivity contribution in [3.63, 3.8) is 0 Å². The van der Waals surface area contributed by atoms with Crippen molar-refractivity contribution in [3.05, 3.63) is 48.0 Å². The molecule has 2 aliphatic rings. The second-order valence-electron chi connectivity index (χ2n) is 8.64. The maximum absolute atomic E-state index is 13.6. The molecule has 2 saturated heterocycles. The summed E-state index contributed by atoms with van der Waals surface area (Å²) in [5, 5.41) is 0. The standard InChI is InChI=1S/C24H32N4O4S/c1-25(2)33(30,31)21-10-11-23(27-12-4-5-13-27)22(18-21)24(29)28-16-14-26(15-17-28)19-6-8-20(32-3)9-7-19/h6-11,18H,4-5,12-17H2,1-3H3. The molecule has 9 heteroatoms. The van der Waals surface area contributed by atoms with E-state index in [2.05, 4.69) is 9.80 Å². The van der Waals surface area contributed by atoms with Gasteiger partial charge in [-0.05, 0) is 55.3 Å². The predicted molar refractivity (Wildman–Crippen MR) is 130 cm³/mol. The average molecular weight is 473 g/mol. The maximum Gasteiger partial charge on any atom is 0.256 e. The quantitative estimate of drug-likeness (QED) is 0.643. The van der Waals surface area contributed by atoms with Crippen LogP contribution in [0, 0.1) is 0 Å². The van der Waals surface area contributed by atoms with E-state index in [0.717, 1.165) is 43.1 Å². The number of benzene rings is 2. The Morgan fingerprint density at radius 3 is 2.09 bits per heavy atom. The van der Waals surface area contributed by atoms with E-state index in [1.165, 1.54) is 18.4 Å². The van der Waals surface area contributed by atoms with Crippen molar-refractivity contribution in [2.45, 2.75) is 17.7 Å². The molecule has 2 aromatic carbocycles. The minimum Gasteiger partial charge on any atom is -0.497 e. The van der Waals surface area contributed by atoms with Gasteiger partial charge in [0.2, 0.25) is 10.0 Å². The number of piperazine rings is 1. The van der Waals surface area contributed by atoms with E-state index < -0.39 is 10.0 Å². The zero-order chi connectivity index (χ0) is 23.6. The lowest BCUT2D eigenvalue weighted by atomic mass is 10.1. The first-order chi connectivity index (χ1) is 15.8. The van der Waals surface area contributed by atoms with Crippen molar-refractivity contribution in [2.75, 3.05) is 70.3 Å². The van der Waals surface area contributed by atoms with Crippen LogP contribution in [0.1, 0.15) is 23.2 Å². The van der Waals surface area contributed by atoms with Gasteiger partial charge in [-0.3, -0.25) is 4.79 Å². The zero-order valence-corrected chi connectivity index (χ0v) is 20.3. The Hall–Kier alpha value is -2.78. The first-order valence-corrected chi connectivity index (χ1v) is 12.7. The highest BCUT2D eigenvalue weighted by Gasteiger charge is 2.29. The van der Waals surface area contributed by atoms with E-state index in [4.69, 9.17) is 4.74 Å². The number of hydrogen-bond donors (Lipinski definition) is 0. The molecule has 0 bridgehead atoms. The number of amides is 1. The molecule has 0 aromatic heterocycles. The fourth-order valence-corrected chi connectivity index (χ4v) is 5.35. The molecule has 33 heavy (non-hydrogen) atoms. The number of sulfonamides is 1. The van der Waals surface area contributed by atoms with Crippen LogP contribution in [-0.4, -0.2) is 84.0 Å². The molecule has 0 N–H and O–H groups in total. The van der Waals surface area contributed by atoms with Crippen molar-refractivity contribution in [1.82, 2.24) is 9.21 Å². The van der Waals surface area contributed by atoms with E-state index in [1.54, 1.807) is 25.3 Å². The summed E-state index contributed by atoms with van der Waals surface area (Å²) in [7, 11) is 1.03. The van der Waals surface area contributed by atoms with Crippen molar-refractivity contribution in [2.24, 2.45) is 0 Å². The van der Waals surface area contributed by atoms with Crippen LogP contribution in [0.5, 0.6) is 5.75 Å². The van der Waals surface area contributed by atoms with Crippen LogP contribution >= 0.6 is 0 Å². The Kier molecular flexibility index (Phi) is 6.81. The molecule has 2 fully saturated rings. The summed E-state index contributed by atoms with van der Waals surface area (Å²) in [6.07, 6.45) is 2.15. The summed E-state index contributed by atoms with van der Waals surface area (Å²) in [6, 6.07) is 12.9. The smallest absolute Gasteiger partial charge is 0.256 e. The highest BCUT2D eigenvalue weighted by molar-refractivity contribution is 7.89. The van der Waals surface area contributed by atoms with Crippen LogP contribution in [0.15, 0.2) is 47.4 Å². The van der Waals surface area contributed by atoms with Gasteiger partial charge in [0.05, 0.1) is 17.6 Å². The minimum atomic E-state index is -3.63. The highest BCUT2D eigenvalue weighted by atomic mass is 32.2. The van der Waals surface area contributed by atoms with Crippen LogP contribution in [0.4, 0.5) is 11.4 Å². The molecule has 2 aromatic rings. The third kappa shape index (κ3) is 4.79. The first-order valence-electron chi connectivity index (χ1n) is 11.3. The third-order valence-electron chi connectivity index (χ3n) is 6.43. The molecule has 0 atom stereocenters. The van der Waals surface area contributed by atoms with Crippen LogP contribution in [-0.2, 0) is 10.0 Å². The average Bonchev–Trinajstić information content (AvgIpc) is 3.38. The largest absolute Gasteiger partial charge is 0.497 e. The number of nitrogens with zero attached hydrogens (tertiary/aromatic N) is 4. The molecule has 4 rings (SSSR count). The van der Waals surface area contributed by atoms with Gasteiger partial charge >= 0.3 is 0 Å². The van der Waals surface area contributed by atoms with E-state index in [1.807, 2.05) is 29.2 Å². The summed E-state index contributed by atoms with van der Waals surface area (Å²) < 4.78 is 31.9. The molecule has 0 unspecified atom stereocenters. The Balaban J connectivity index is 1.56. The molecule has 8 nitrogen and oxygen atoms in total. The number of methoxy groups -OCH3 is 1. The van der Waals surface area contributed by atoms with E-state index >= 15 is 0 Å². The van der Waals surface area contributed by atoms with Crippen LogP contribution in [0.25, 0.3) is 0 Å². The lowest BCUT2D eigenvalue weighted by Gasteiger charge is -2.37. The van der Waals surface area contributed by atoms with Gasteiger partial charge in [0, 0.05) is 64.7 Å². The Bertz CT molecular complexity index is 1090. The topological polar surface area (TPSA) is 73.4 Å². The number of rotatable bonds is 6. The zero-order valence-electron chi connectivity index (χ0n) is 19.5. The number of carbonyl (C=O) groups excluding carboxylic acids is 1. The molecule has 1 amide bonds. The molecule has 2 heterocycles. The molecule has 0 radical (unpaired) electrons. The van der Waals surface area contributed by atoms with Gasteiger partial charge in [-0.25, -0.2) is 12.7 Å². The normalized spacial score (nSPS) is 17.0. The SMILES string of the molecule is COc1ccc(N2CCN(C(=O)c3cc(S(=O)(=O)N(C)C)ccc3N3CCCC3)CC2)cc1. The van der Waals surface area contributed by atoms with Gasteiger partial charge in [-0.1, -0.05) is 0 Å². The van der Waals surface area contributed by atoms with Crippen molar-refractivity contribution < 1.29 is 17.9 Å². The highest BCUT2D eigenvalue weighted by Crippen LogP contribution is 2.30. The minimum absolute atomic E-state index is 0.109. The van der Waals surface area contributed by atoms with Crippen molar-refractivity contribution >= 4 is 27.3 Å². The fraction of sp³-hybridized carbons (Fsp3) is 0.458. The van der Waals surface area contributed by atoms with Crippen LogP contribution in [0.2, 0.25) is 0 Å². The van der Waals surface area contributed by atoms with Crippen LogP contribution in [0.3, 0.4) is 0 Å². The van der Waals surface area contributed by atoms with Gasteiger partial charge in [0.25, 0.3) is 5.91 Å². The second kappa shape index (κ2) is 9.61. The third-order valence-corrected chi connectivity index (χ3v) is 8.24. The molecule has 0 saturated carbocycles. The summed E-state index contributed by atoms with van der Waals surface area (Å²) in [6.45, 7) is 4.35. The first kappa shape index (κ1) is 23.4. The molecule has 0 spiro atoms. The Morgan fingerprint density at radius 2 is 1.52 bits per heavy atom. The van der Waals surface area contributed by atoms with Gasteiger partial charge in [0.15, 0.2) is 0 Å². The lowest BCUT2D eigenvalue weighted by molar-refractivity contribution is 0.0747. The van der Waals surface area contributed by atoms with Crippen molar-refractivity contribution in [1.29, 1.82) is 0 Å². The maximum atomic E-state index is 13.6. The van der Waals surface area contributed by atoms with E-state index in [0.29, 0.717) is 31.7 Å². The molecule has 0 aliphatic carbocycles. The summed E-state index contributed by atoms with van der Waals surface area (Å²) in [4.78, 5) is 20.0. The van der Waals surface area contributed by atoms with Gasteiger partial charge in [-0.2, -0.15) is 0 Å². The lowest BCUT2D eigenvalue weighted by Crippen LogP contribution is -2.49. The predicted octanol–water partition coefficient (Wildman–Crippen LogP) is 2.51. The molecule has 178 valence electrons. The number of carbonyl (C=O) groups is 1. The number of hydrogen-bond acceptors (Lipinski definition) is 6. The van der Waals surface area contributed by atoms with Crippen molar-refractivity contribution in [3.8, 4) is 5.75 Å². The van der Waals surface area contributed by atoms with E-state index in [9.17, 15) is 13.2 Å². The second-order valence-corrected chi connectivity index (χ2v) is 10.8. The Morgan fingerprint density at radius 1 is 0.879 bits per heavy atom. The van der Waals surface area contributed by atoms with Gasteiger partial charge in [0.1, 0.15) is 5.75 Å². The molecular weight excluding hydrogens is 440 g/mol. The summed E-state index contributed by atoms with van der Waals surface area (Å²) in [5.41, 5.74) is 2.39. The Labute approximate surface area is 196 Å². The number of anilines is 2. The number of ether oxygens (including phenoxy) is 1. The molecular formula is C24H32N4O4S. The summed E-state index contributed by atoms with van der Waals surface area (Å²) in [5.74, 6) is 0.705. The monoisotopic (exact) mass is 472 g/mol. The molecule has 2 aliphatic heterocycles. The van der Waals surface area contributed by atoms with Gasteiger partial charge < -0.3 is 19.4 Å².